The molecule has 0 heterocycles. The minimum atomic E-state index is -1.19. The van der Waals surface area contributed by atoms with E-state index in [0.29, 0.717) is 6.61 Å². The van der Waals surface area contributed by atoms with Crippen LogP contribution < -0.4 is 39.4 Å². The number of carbonyl (C=O) groups excluding carboxylic acids is 1. The van der Waals surface area contributed by atoms with Crippen LogP contribution in [0.2, 0.25) is 0 Å². The molecule has 0 aliphatic carbocycles. The Morgan fingerprint density at radius 2 is 1.94 bits per heavy atom. The van der Waals surface area contributed by atoms with E-state index in [9.17, 15) is 9.90 Å². The summed E-state index contributed by atoms with van der Waals surface area (Å²) in [5, 5.41) is 10.2. The van der Waals surface area contributed by atoms with Gasteiger partial charge in [-0.05, 0) is 30.2 Å². The molecule has 0 saturated heterocycles. The van der Waals surface area contributed by atoms with Crippen LogP contribution in [0.3, 0.4) is 0 Å². The number of benzene rings is 1. The van der Waals surface area contributed by atoms with Gasteiger partial charge in [0, 0.05) is 0 Å². The van der Waals surface area contributed by atoms with Gasteiger partial charge in [-0.3, -0.25) is 0 Å². The quantitative estimate of drug-likeness (QED) is 0.422. The van der Waals surface area contributed by atoms with Gasteiger partial charge in [0.15, 0.2) is 0 Å². The number of aliphatic carboxylic acids is 1. The molecule has 1 aromatic carbocycles. The average molecular weight is 246 g/mol. The van der Waals surface area contributed by atoms with Gasteiger partial charge in [0.2, 0.25) is 0 Å². The molecule has 0 spiro atoms. The summed E-state index contributed by atoms with van der Waals surface area (Å²) in [6.07, 6.45) is 3.45. The Labute approximate surface area is 123 Å². The first-order chi connectivity index (χ1) is 7.22. The Kier molecular flexibility index (Phi) is 11.3. The molecule has 0 aromatic heterocycles. The van der Waals surface area contributed by atoms with Crippen LogP contribution in [-0.2, 0) is 4.79 Å². The van der Waals surface area contributed by atoms with Crippen molar-refractivity contribution in [1.82, 2.24) is 0 Å². The normalized spacial score (nSPS) is 9.24. The second-order valence-electron chi connectivity index (χ2n) is 3.07. The smallest absolute Gasteiger partial charge is 0.545 e. The van der Waals surface area contributed by atoms with Crippen molar-refractivity contribution in [3.8, 4) is 5.75 Å². The van der Waals surface area contributed by atoms with E-state index in [0.717, 1.165) is 23.8 Å². The van der Waals surface area contributed by atoms with Gasteiger partial charge >= 0.3 is 29.6 Å². The molecule has 0 radical (unpaired) electrons. The standard InChI is InChI=1S/C12H14O3.Na.H2O/c1-2-9-15-11-6-3-10(4-7-11)5-8-12(13)14;;/h3-8H,2,9H2,1H3,(H,13,14);;1H2/q;+1;/p-1. The Balaban J connectivity index is 0. The van der Waals surface area contributed by atoms with Crippen molar-refractivity contribution in [2.24, 2.45) is 0 Å². The SMILES string of the molecule is CCCOc1ccc(C=CC(=O)[O-])cc1.O.[Na+]. The van der Waals surface area contributed by atoms with E-state index in [1.807, 2.05) is 19.1 Å². The van der Waals surface area contributed by atoms with Gasteiger partial charge in [0.05, 0.1) is 12.6 Å². The third kappa shape index (κ3) is 7.99. The summed E-state index contributed by atoms with van der Waals surface area (Å²) in [5.41, 5.74) is 0.808. The van der Waals surface area contributed by atoms with Crippen LogP contribution in [0.4, 0.5) is 0 Å². The van der Waals surface area contributed by atoms with Gasteiger partial charge < -0.3 is 20.1 Å². The van der Waals surface area contributed by atoms with Crippen molar-refractivity contribution >= 4 is 12.0 Å². The number of carboxylic acid groups (broad SMARTS) is 1. The zero-order valence-electron chi connectivity index (χ0n) is 10.1. The Morgan fingerprint density at radius 1 is 1.35 bits per heavy atom. The maximum absolute atomic E-state index is 10.2. The van der Waals surface area contributed by atoms with Crippen molar-refractivity contribution in [2.45, 2.75) is 13.3 Å². The van der Waals surface area contributed by atoms with Crippen LogP contribution in [0.5, 0.6) is 5.75 Å². The van der Waals surface area contributed by atoms with Crippen LogP contribution in [0, 0.1) is 0 Å². The molecule has 0 fully saturated rings. The van der Waals surface area contributed by atoms with Crippen LogP contribution in [0.1, 0.15) is 18.9 Å². The second-order valence-corrected chi connectivity index (χ2v) is 3.07. The number of carboxylic acids is 1. The summed E-state index contributed by atoms with van der Waals surface area (Å²) in [6.45, 7) is 2.73. The number of ether oxygens (including phenoxy) is 1. The number of hydrogen-bond acceptors (Lipinski definition) is 3. The van der Waals surface area contributed by atoms with Gasteiger partial charge in [-0.15, -0.1) is 0 Å². The average Bonchev–Trinajstić information content (AvgIpc) is 2.25. The first-order valence-corrected chi connectivity index (χ1v) is 4.84. The van der Waals surface area contributed by atoms with Crippen molar-refractivity contribution in [2.75, 3.05) is 6.61 Å². The number of rotatable bonds is 5. The van der Waals surface area contributed by atoms with E-state index in [2.05, 4.69) is 0 Å². The van der Waals surface area contributed by atoms with E-state index in [4.69, 9.17) is 4.74 Å². The van der Waals surface area contributed by atoms with Crippen LogP contribution >= 0.6 is 0 Å². The summed E-state index contributed by atoms with van der Waals surface area (Å²) in [7, 11) is 0. The predicted molar refractivity (Wildman–Crippen MR) is 59.9 cm³/mol. The number of hydrogen-bond donors (Lipinski definition) is 0. The van der Waals surface area contributed by atoms with E-state index in [1.165, 1.54) is 6.08 Å². The molecule has 0 unspecified atom stereocenters. The topological polar surface area (TPSA) is 80.9 Å². The third-order valence-corrected chi connectivity index (χ3v) is 1.76. The fourth-order valence-corrected chi connectivity index (χ4v) is 1.06. The van der Waals surface area contributed by atoms with Crippen LogP contribution in [0.25, 0.3) is 6.08 Å². The van der Waals surface area contributed by atoms with Crippen molar-refractivity contribution in [3.05, 3.63) is 35.9 Å². The maximum Gasteiger partial charge on any atom is 1.00 e. The molecule has 0 aliphatic heterocycles. The zero-order valence-corrected chi connectivity index (χ0v) is 12.1. The van der Waals surface area contributed by atoms with E-state index >= 15 is 0 Å². The van der Waals surface area contributed by atoms with Gasteiger partial charge in [-0.25, -0.2) is 0 Å². The summed E-state index contributed by atoms with van der Waals surface area (Å²) in [4.78, 5) is 10.2. The largest absolute Gasteiger partial charge is 1.00 e. The van der Waals surface area contributed by atoms with Crippen molar-refractivity contribution < 1.29 is 49.7 Å². The molecule has 0 atom stereocenters. The predicted octanol–water partition coefficient (Wildman–Crippen LogP) is -2.58. The summed E-state index contributed by atoms with van der Waals surface area (Å²) < 4.78 is 5.38. The molecule has 2 N–H and O–H groups in total. The number of carbonyl (C=O) groups is 1. The molecular formula is C12H15NaO4. The second kappa shape index (κ2) is 10.4. The minimum absolute atomic E-state index is 0. The van der Waals surface area contributed by atoms with Crippen LogP contribution in [-0.4, -0.2) is 18.1 Å². The summed E-state index contributed by atoms with van der Waals surface area (Å²) >= 11 is 0. The molecule has 0 saturated carbocycles. The van der Waals surface area contributed by atoms with Crippen molar-refractivity contribution in [1.29, 1.82) is 0 Å². The molecule has 1 rings (SSSR count). The molecule has 1 aromatic rings. The monoisotopic (exact) mass is 246 g/mol. The Hall–Kier alpha value is -0.810. The first kappa shape index (κ1) is 18.6. The fourth-order valence-electron chi connectivity index (χ4n) is 1.06. The maximum atomic E-state index is 10.2. The van der Waals surface area contributed by atoms with Gasteiger partial charge in [0.25, 0.3) is 0 Å². The Morgan fingerprint density at radius 3 is 2.41 bits per heavy atom. The molecule has 0 bridgehead atoms. The van der Waals surface area contributed by atoms with Gasteiger partial charge in [-0.2, -0.15) is 0 Å². The summed E-state index contributed by atoms with van der Waals surface area (Å²) in [5.74, 6) is -0.399. The first-order valence-electron chi connectivity index (χ1n) is 4.84. The minimum Gasteiger partial charge on any atom is -0.545 e. The molecule has 88 valence electrons. The molecular weight excluding hydrogens is 231 g/mol. The molecule has 5 heteroatoms. The van der Waals surface area contributed by atoms with E-state index < -0.39 is 5.97 Å². The van der Waals surface area contributed by atoms with E-state index in [1.54, 1.807) is 12.1 Å². The summed E-state index contributed by atoms with van der Waals surface area (Å²) in [6, 6.07) is 7.21. The molecule has 0 amide bonds. The van der Waals surface area contributed by atoms with E-state index in [-0.39, 0.29) is 35.0 Å². The van der Waals surface area contributed by atoms with Crippen LogP contribution in [0.15, 0.2) is 30.3 Å². The van der Waals surface area contributed by atoms with Gasteiger partial charge in [0.1, 0.15) is 5.75 Å². The molecule has 0 aliphatic rings. The third-order valence-electron chi connectivity index (χ3n) is 1.76. The Bertz CT molecular complexity index is 346. The zero-order chi connectivity index (χ0) is 11.1. The van der Waals surface area contributed by atoms with Crippen molar-refractivity contribution in [3.63, 3.8) is 0 Å². The molecule has 17 heavy (non-hydrogen) atoms. The molecule has 4 nitrogen and oxygen atoms in total. The van der Waals surface area contributed by atoms with Gasteiger partial charge in [-0.1, -0.05) is 25.1 Å². The fraction of sp³-hybridized carbons (Fsp3) is 0.250.